The molecule has 106 valence electrons. The molecule has 0 bridgehead atoms. The molecule has 0 radical (unpaired) electrons. The number of anilines is 1. The normalized spacial score (nSPS) is 13.5. The van der Waals surface area contributed by atoms with Crippen LogP contribution in [0.3, 0.4) is 0 Å². The first-order valence-corrected chi connectivity index (χ1v) is 6.00. The lowest BCUT2D eigenvalue weighted by atomic mass is 10.1. The number of hydrogen-bond donors (Lipinski definition) is 2. The van der Waals surface area contributed by atoms with Gasteiger partial charge in [-0.15, -0.1) is 0 Å². The molecule has 0 fully saturated rings. The van der Waals surface area contributed by atoms with Crippen molar-refractivity contribution in [3.8, 4) is 0 Å². The van der Waals surface area contributed by atoms with Crippen LogP contribution in [0.1, 0.15) is 19.4 Å². The molecule has 0 heterocycles. The highest BCUT2D eigenvalue weighted by molar-refractivity contribution is 7.81. The van der Waals surface area contributed by atoms with Gasteiger partial charge in [-0.2, -0.15) is 25.8 Å². The molecule has 0 aliphatic rings. The number of rotatable bonds is 3. The van der Waals surface area contributed by atoms with Crippen molar-refractivity contribution in [2.45, 2.75) is 25.3 Å². The van der Waals surface area contributed by atoms with E-state index in [0.717, 1.165) is 6.07 Å². The Morgan fingerprint density at radius 1 is 1.32 bits per heavy atom. The van der Waals surface area contributed by atoms with Crippen molar-refractivity contribution in [2.75, 3.05) is 5.32 Å². The van der Waals surface area contributed by atoms with E-state index in [1.54, 1.807) is 13.8 Å². The van der Waals surface area contributed by atoms with Gasteiger partial charge in [0.1, 0.15) is 5.82 Å². The Kier molecular flexibility index (Phi) is 4.84. The molecule has 0 saturated carbocycles. The number of thiol groups is 1. The number of alkyl halides is 3. The molecule has 1 amide bonds. The van der Waals surface area contributed by atoms with E-state index in [1.807, 2.05) is 0 Å². The minimum atomic E-state index is -4.80. The molecular formula is C12H13F4NOS. The molecule has 1 aromatic rings. The van der Waals surface area contributed by atoms with E-state index in [-0.39, 0.29) is 11.6 Å². The van der Waals surface area contributed by atoms with Gasteiger partial charge in [-0.3, -0.25) is 4.79 Å². The van der Waals surface area contributed by atoms with Crippen molar-refractivity contribution >= 4 is 24.2 Å². The summed E-state index contributed by atoms with van der Waals surface area (Å²) in [7, 11) is 0. The summed E-state index contributed by atoms with van der Waals surface area (Å²) < 4.78 is 50.5. The second-order valence-electron chi connectivity index (χ2n) is 4.37. The van der Waals surface area contributed by atoms with Crippen molar-refractivity contribution in [1.82, 2.24) is 0 Å². The minimum absolute atomic E-state index is 0.0779. The summed E-state index contributed by atoms with van der Waals surface area (Å²) in [5.74, 6) is -1.99. The van der Waals surface area contributed by atoms with E-state index in [9.17, 15) is 22.4 Å². The number of nitrogens with one attached hydrogen (secondary N) is 1. The fraction of sp³-hybridized carbons (Fsp3) is 0.417. The average Bonchev–Trinajstić information content (AvgIpc) is 2.28. The SMILES string of the molecule is CC(C)C(S)C(=O)Nc1ccc(F)c(C(F)(F)F)c1. The molecule has 1 rings (SSSR count). The Bertz CT molecular complexity index is 473. The lowest BCUT2D eigenvalue weighted by Crippen LogP contribution is -2.27. The Labute approximate surface area is 113 Å². The predicted octanol–water partition coefficient (Wildman–Crippen LogP) is 3.74. The van der Waals surface area contributed by atoms with Gasteiger partial charge in [-0.1, -0.05) is 13.8 Å². The van der Waals surface area contributed by atoms with Gasteiger partial charge in [0.2, 0.25) is 5.91 Å². The number of benzene rings is 1. The van der Waals surface area contributed by atoms with Crippen LogP contribution < -0.4 is 5.32 Å². The molecule has 1 N–H and O–H groups in total. The number of carbonyl (C=O) groups excluding carboxylic acids is 1. The van der Waals surface area contributed by atoms with Crippen LogP contribution in [0.5, 0.6) is 0 Å². The Morgan fingerprint density at radius 2 is 1.89 bits per heavy atom. The van der Waals surface area contributed by atoms with Gasteiger partial charge in [0.05, 0.1) is 10.8 Å². The van der Waals surface area contributed by atoms with Crippen molar-refractivity contribution < 1.29 is 22.4 Å². The van der Waals surface area contributed by atoms with Gasteiger partial charge in [0.15, 0.2) is 0 Å². The maximum atomic E-state index is 13.0. The van der Waals surface area contributed by atoms with Crippen molar-refractivity contribution in [3.05, 3.63) is 29.6 Å². The van der Waals surface area contributed by atoms with Crippen LogP contribution in [0.25, 0.3) is 0 Å². The molecule has 1 atom stereocenters. The summed E-state index contributed by atoms with van der Waals surface area (Å²) in [6.07, 6.45) is -4.80. The van der Waals surface area contributed by atoms with Gasteiger partial charge in [-0.25, -0.2) is 4.39 Å². The van der Waals surface area contributed by atoms with Crippen molar-refractivity contribution in [2.24, 2.45) is 5.92 Å². The highest BCUT2D eigenvalue weighted by atomic mass is 32.1. The molecule has 0 aromatic heterocycles. The van der Waals surface area contributed by atoms with Gasteiger partial charge in [0, 0.05) is 5.69 Å². The number of halogens is 4. The summed E-state index contributed by atoms with van der Waals surface area (Å²) in [4.78, 5) is 11.6. The predicted molar refractivity (Wildman–Crippen MR) is 67.6 cm³/mol. The summed E-state index contributed by atoms with van der Waals surface area (Å²) in [6, 6.07) is 2.30. The largest absolute Gasteiger partial charge is 0.419 e. The zero-order chi connectivity index (χ0) is 14.8. The Morgan fingerprint density at radius 3 is 2.37 bits per heavy atom. The molecule has 0 saturated heterocycles. The lowest BCUT2D eigenvalue weighted by Gasteiger charge is -2.15. The third kappa shape index (κ3) is 4.12. The Balaban J connectivity index is 2.95. The highest BCUT2D eigenvalue weighted by Gasteiger charge is 2.34. The fourth-order valence-electron chi connectivity index (χ4n) is 1.34. The first kappa shape index (κ1) is 15.8. The summed E-state index contributed by atoms with van der Waals surface area (Å²) >= 11 is 4.04. The molecule has 0 aliphatic heterocycles. The maximum Gasteiger partial charge on any atom is 0.419 e. The number of amides is 1. The first-order valence-electron chi connectivity index (χ1n) is 5.48. The smallest absolute Gasteiger partial charge is 0.325 e. The van der Waals surface area contributed by atoms with Crippen molar-refractivity contribution in [3.63, 3.8) is 0 Å². The van der Waals surface area contributed by atoms with Crippen molar-refractivity contribution in [1.29, 1.82) is 0 Å². The zero-order valence-corrected chi connectivity index (χ0v) is 11.1. The van der Waals surface area contributed by atoms with Crippen LogP contribution in [0.15, 0.2) is 18.2 Å². The summed E-state index contributed by atoms with van der Waals surface area (Å²) in [5.41, 5.74) is -1.52. The van der Waals surface area contributed by atoms with E-state index in [0.29, 0.717) is 12.1 Å². The lowest BCUT2D eigenvalue weighted by molar-refractivity contribution is -0.140. The van der Waals surface area contributed by atoms with E-state index in [2.05, 4.69) is 17.9 Å². The zero-order valence-electron chi connectivity index (χ0n) is 10.3. The minimum Gasteiger partial charge on any atom is -0.325 e. The van der Waals surface area contributed by atoms with E-state index < -0.39 is 28.7 Å². The van der Waals surface area contributed by atoms with Gasteiger partial charge in [-0.05, 0) is 24.1 Å². The van der Waals surface area contributed by atoms with E-state index in [4.69, 9.17) is 0 Å². The van der Waals surface area contributed by atoms with Crippen LogP contribution in [0.4, 0.5) is 23.2 Å². The second-order valence-corrected chi connectivity index (χ2v) is 4.93. The second kappa shape index (κ2) is 5.81. The third-order valence-electron chi connectivity index (χ3n) is 2.44. The molecular weight excluding hydrogens is 282 g/mol. The fourth-order valence-corrected chi connectivity index (χ4v) is 1.40. The van der Waals surface area contributed by atoms with Crippen LogP contribution in [0, 0.1) is 11.7 Å². The number of carbonyl (C=O) groups is 1. The number of hydrogen-bond acceptors (Lipinski definition) is 2. The van der Waals surface area contributed by atoms with E-state index >= 15 is 0 Å². The van der Waals surface area contributed by atoms with Crippen LogP contribution in [0.2, 0.25) is 0 Å². The third-order valence-corrected chi connectivity index (χ3v) is 3.27. The Hall–Kier alpha value is -1.24. The summed E-state index contributed by atoms with van der Waals surface area (Å²) in [5, 5.41) is 1.63. The van der Waals surface area contributed by atoms with Gasteiger partial charge in [0.25, 0.3) is 0 Å². The van der Waals surface area contributed by atoms with E-state index in [1.165, 1.54) is 0 Å². The topological polar surface area (TPSA) is 29.1 Å². The monoisotopic (exact) mass is 295 g/mol. The quantitative estimate of drug-likeness (QED) is 0.645. The molecule has 7 heteroatoms. The maximum absolute atomic E-state index is 13.0. The highest BCUT2D eigenvalue weighted by Crippen LogP contribution is 2.33. The first-order chi connectivity index (χ1) is 8.62. The summed E-state index contributed by atoms with van der Waals surface area (Å²) in [6.45, 7) is 3.51. The molecule has 2 nitrogen and oxygen atoms in total. The molecule has 1 unspecified atom stereocenters. The molecule has 0 aliphatic carbocycles. The average molecular weight is 295 g/mol. The van der Waals surface area contributed by atoms with Crippen LogP contribution in [-0.4, -0.2) is 11.2 Å². The molecule has 19 heavy (non-hydrogen) atoms. The van der Waals surface area contributed by atoms with Crippen LogP contribution in [-0.2, 0) is 11.0 Å². The van der Waals surface area contributed by atoms with Gasteiger partial charge < -0.3 is 5.32 Å². The molecule has 0 spiro atoms. The standard InChI is InChI=1S/C12H13F4NOS/c1-6(2)10(19)11(18)17-7-3-4-9(13)8(5-7)12(14,15)16/h3-6,10,19H,1-2H3,(H,17,18). The molecule has 1 aromatic carbocycles. The van der Waals surface area contributed by atoms with Crippen LogP contribution >= 0.6 is 12.6 Å². The van der Waals surface area contributed by atoms with Gasteiger partial charge >= 0.3 is 6.18 Å².